The van der Waals surface area contributed by atoms with E-state index in [-0.39, 0.29) is 0 Å². The molecule has 0 saturated heterocycles. The van der Waals surface area contributed by atoms with E-state index in [1.165, 1.54) is 0 Å². The summed E-state index contributed by atoms with van der Waals surface area (Å²) in [6.45, 7) is 2.46. The number of ether oxygens (including phenoxy) is 1. The smallest absolute Gasteiger partial charge is 0.232 e. The van der Waals surface area contributed by atoms with Crippen molar-refractivity contribution >= 4 is 0 Å². The molecule has 0 radical (unpaired) electrons. The van der Waals surface area contributed by atoms with Crippen molar-refractivity contribution in [2.45, 2.75) is 6.92 Å². The molecule has 0 aliphatic carbocycles. The van der Waals surface area contributed by atoms with Crippen molar-refractivity contribution in [3.63, 3.8) is 0 Å². The Morgan fingerprint density at radius 2 is 2.00 bits per heavy atom. The van der Waals surface area contributed by atoms with Crippen LogP contribution in [0.1, 0.15) is 12.5 Å². The molecular weight excluding hydrogens is 214 g/mol. The number of aromatic nitrogens is 2. The van der Waals surface area contributed by atoms with E-state index < -0.39 is 0 Å². The van der Waals surface area contributed by atoms with Gasteiger partial charge < -0.3 is 4.74 Å². The highest BCUT2D eigenvalue weighted by Crippen LogP contribution is 2.18. The first-order chi connectivity index (χ1) is 8.33. The van der Waals surface area contributed by atoms with Crippen LogP contribution in [0.4, 0.5) is 0 Å². The molecule has 0 aliphatic rings. The molecule has 4 heteroatoms. The lowest BCUT2D eigenvalue weighted by molar-refractivity contribution is 0.325. The summed E-state index contributed by atoms with van der Waals surface area (Å²) in [5.74, 6) is 0.509. The Balaban J connectivity index is 2.32. The standard InChI is InChI=1S/C13H11N3O/c1-2-17-13-9-15-8-12(16-13)11-5-3-10(7-14)4-6-11/h3-6,8-9H,2H2,1H3. The summed E-state index contributed by atoms with van der Waals surface area (Å²) in [4.78, 5) is 8.39. The topological polar surface area (TPSA) is 58.8 Å². The Morgan fingerprint density at radius 1 is 1.24 bits per heavy atom. The van der Waals surface area contributed by atoms with Crippen molar-refractivity contribution in [3.05, 3.63) is 42.2 Å². The Kier molecular flexibility index (Phi) is 3.31. The molecule has 0 atom stereocenters. The molecule has 0 saturated carbocycles. The molecule has 0 fully saturated rings. The second kappa shape index (κ2) is 5.08. The molecule has 17 heavy (non-hydrogen) atoms. The predicted octanol–water partition coefficient (Wildman–Crippen LogP) is 2.41. The van der Waals surface area contributed by atoms with E-state index in [0.717, 1.165) is 11.3 Å². The highest BCUT2D eigenvalue weighted by atomic mass is 16.5. The molecule has 84 valence electrons. The molecule has 1 aromatic heterocycles. The SMILES string of the molecule is CCOc1cncc(-c2ccc(C#N)cc2)n1. The van der Waals surface area contributed by atoms with Gasteiger partial charge in [0.1, 0.15) is 0 Å². The van der Waals surface area contributed by atoms with Gasteiger partial charge in [0.15, 0.2) is 0 Å². The lowest BCUT2D eigenvalue weighted by Gasteiger charge is -2.04. The van der Waals surface area contributed by atoms with Crippen molar-refractivity contribution in [1.82, 2.24) is 9.97 Å². The average molecular weight is 225 g/mol. The van der Waals surface area contributed by atoms with Gasteiger partial charge in [0.05, 0.1) is 36.3 Å². The minimum absolute atomic E-state index is 0.509. The summed E-state index contributed by atoms with van der Waals surface area (Å²) in [5.41, 5.74) is 2.28. The van der Waals surface area contributed by atoms with Crippen LogP contribution >= 0.6 is 0 Å². The molecule has 0 N–H and O–H groups in total. The van der Waals surface area contributed by atoms with E-state index in [4.69, 9.17) is 10.00 Å². The fraction of sp³-hybridized carbons (Fsp3) is 0.154. The number of hydrogen-bond donors (Lipinski definition) is 0. The Labute approximate surface area is 99.5 Å². The minimum atomic E-state index is 0.509. The quantitative estimate of drug-likeness (QED) is 0.804. The van der Waals surface area contributed by atoms with Gasteiger partial charge in [-0.1, -0.05) is 12.1 Å². The molecule has 0 spiro atoms. The van der Waals surface area contributed by atoms with Gasteiger partial charge in [0.2, 0.25) is 5.88 Å². The van der Waals surface area contributed by atoms with Crippen LogP contribution in [0.3, 0.4) is 0 Å². The van der Waals surface area contributed by atoms with Crippen LogP contribution < -0.4 is 4.74 Å². The second-order valence-corrected chi connectivity index (χ2v) is 3.36. The zero-order valence-electron chi connectivity index (χ0n) is 9.42. The van der Waals surface area contributed by atoms with Crippen molar-refractivity contribution in [3.8, 4) is 23.2 Å². The van der Waals surface area contributed by atoms with Crippen molar-refractivity contribution in [2.75, 3.05) is 6.61 Å². The summed E-state index contributed by atoms with van der Waals surface area (Å²) in [5, 5.41) is 8.72. The molecule has 0 aliphatic heterocycles. The van der Waals surface area contributed by atoms with Crippen LogP contribution in [0.2, 0.25) is 0 Å². The number of benzene rings is 1. The molecular formula is C13H11N3O. The van der Waals surface area contributed by atoms with E-state index in [0.29, 0.717) is 18.1 Å². The van der Waals surface area contributed by atoms with E-state index in [1.807, 2.05) is 19.1 Å². The highest BCUT2D eigenvalue weighted by molar-refractivity contribution is 5.59. The third kappa shape index (κ3) is 2.58. The molecule has 0 amide bonds. The normalized spacial score (nSPS) is 9.65. The van der Waals surface area contributed by atoms with Crippen LogP contribution in [0.25, 0.3) is 11.3 Å². The third-order valence-corrected chi connectivity index (χ3v) is 2.21. The maximum absolute atomic E-state index is 8.72. The van der Waals surface area contributed by atoms with E-state index in [2.05, 4.69) is 16.0 Å². The van der Waals surface area contributed by atoms with Crippen molar-refractivity contribution < 1.29 is 4.74 Å². The third-order valence-electron chi connectivity index (χ3n) is 2.21. The molecule has 0 unspecified atom stereocenters. The summed E-state index contributed by atoms with van der Waals surface area (Å²) >= 11 is 0. The maximum atomic E-state index is 8.72. The van der Waals surface area contributed by atoms with Crippen molar-refractivity contribution in [2.24, 2.45) is 0 Å². The Hall–Kier alpha value is -2.41. The minimum Gasteiger partial charge on any atom is -0.477 e. The monoisotopic (exact) mass is 225 g/mol. The van der Waals surface area contributed by atoms with Crippen LogP contribution in [-0.2, 0) is 0 Å². The maximum Gasteiger partial charge on any atom is 0.232 e. The van der Waals surface area contributed by atoms with Gasteiger partial charge >= 0.3 is 0 Å². The molecule has 1 aromatic carbocycles. The van der Waals surface area contributed by atoms with Gasteiger partial charge in [-0.3, -0.25) is 4.98 Å². The summed E-state index contributed by atoms with van der Waals surface area (Å²) in [6, 6.07) is 9.28. The Bertz CT molecular complexity index is 543. The molecule has 0 bridgehead atoms. The van der Waals surface area contributed by atoms with E-state index in [1.54, 1.807) is 24.5 Å². The van der Waals surface area contributed by atoms with Gasteiger partial charge in [-0.15, -0.1) is 0 Å². The molecule has 2 rings (SSSR count). The van der Waals surface area contributed by atoms with Crippen LogP contribution in [0.5, 0.6) is 5.88 Å². The summed E-state index contributed by atoms with van der Waals surface area (Å²) < 4.78 is 5.29. The number of rotatable bonds is 3. The lowest BCUT2D eigenvalue weighted by Crippen LogP contribution is -1.96. The molecule has 1 heterocycles. The van der Waals surface area contributed by atoms with E-state index in [9.17, 15) is 0 Å². The van der Waals surface area contributed by atoms with Gasteiger partial charge in [-0.25, -0.2) is 4.98 Å². The first-order valence-corrected chi connectivity index (χ1v) is 5.29. The first kappa shape index (κ1) is 11.1. The first-order valence-electron chi connectivity index (χ1n) is 5.29. The fourth-order valence-electron chi connectivity index (χ4n) is 1.42. The highest BCUT2D eigenvalue weighted by Gasteiger charge is 2.02. The van der Waals surface area contributed by atoms with E-state index >= 15 is 0 Å². The van der Waals surface area contributed by atoms with Gasteiger partial charge in [0, 0.05) is 5.56 Å². The molecule has 4 nitrogen and oxygen atoms in total. The summed E-state index contributed by atoms with van der Waals surface area (Å²) in [7, 11) is 0. The Morgan fingerprint density at radius 3 is 2.65 bits per heavy atom. The van der Waals surface area contributed by atoms with Crippen LogP contribution in [0, 0.1) is 11.3 Å². The number of nitrogens with zero attached hydrogens (tertiary/aromatic N) is 3. The zero-order chi connectivity index (χ0) is 12.1. The number of nitriles is 1. The van der Waals surface area contributed by atoms with Crippen LogP contribution in [-0.4, -0.2) is 16.6 Å². The lowest BCUT2D eigenvalue weighted by atomic mass is 10.1. The zero-order valence-corrected chi connectivity index (χ0v) is 9.42. The van der Waals surface area contributed by atoms with Crippen molar-refractivity contribution in [1.29, 1.82) is 5.26 Å². The van der Waals surface area contributed by atoms with Gasteiger partial charge in [-0.2, -0.15) is 5.26 Å². The fourth-order valence-corrected chi connectivity index (χ4v) is 1.42. The second-order valence-electron chi connectivity index (χ2n) is 3.36. The van der Waals surface area contributed by atoms with Gasteiger partial charge in [-0.05, 0) is 19.1 Å². The van der Waals surface area contributed by atoms with Gasteiger partial charge in [0.25, 0.3) is 0 Å². The average Bonchev–Trinajstić information content (AvgIpc) is 2.40. The van der Waals surface area contributed by atoms with Crippen LogP contribution in [0.15, 0.2) is 36.7 Å². The molecule has 2 aromatic rings. The number of hydrogen-bond acceptors (Lipinski definition) is 4. The summed E-state index contributed by atoms with van der Waals surface area (Å²) in [6.07, 6.45) is 3.25. The largest absolute Gasteiger partial charge is 0.477 e. The predicted molar refractivity (Wildman–Crippen MR) is 63.4 cm³/mol.